The third-order valence-electron chi connectivity index (χ3n) is 2.36. The number of halogens is 1. The second kappa shape index (κ2) is 5.03. The van der Waals surface area contributed by atoms with E-state index in [1.807, 2.05) is 19.1 Å². The van der Waals surface area contributed by atoms with Gasteiger partial charge in [0.1, 0.15) is 0 Å². The van der Waals surface area contributed by atoms with Gasteiger partial charge in [-0.25, -0.2) is 4.79 Å². The van der Waals surface area contributed by atoms with Crippen molar-refractivity contribution in [2.24, 2.45) is 0 Å². The molecule has 0 saturated carbocycles. The van der Waals surface area contributed by atoms with E-state index in [-0.39, 0.29) is 0 Å². The first kappa shape index (κ1) is 11.9. The van der Waals surface area contributed by atoms with Crippen molar-refractivity contribution in [3.63, 3.8) is 0 Å². The van der Waals surface area contributed by atoms with E-state index in [1.165, 1.54) is 4.90 Å². The van der Waals surface area contributed by atoms with E-state index in [0.29, 0.717) is 18.1 Å². The third-order valence-corrected chi connectivity index (χ3v) is 2.62. The third kappa shape index (κ3) is 2.42. The molecule has 4 heteroatoms. The average Bonchev–Trinajstić information content (AvgIpc) is 2.18. The number of amides is 1. The Morgan fingerprint density at radius 2 is 2.20 bits per heavy atom. The van der Waals surface area contributed by atoms with Crippen molar-refractivity contribution in [3.8, 4) is 0 Å². The molecular formula is C11H14ClNO2. The zero-order valence-corrected chi connectivity index (χ0v) is 9.58. The number of benzene rings is 1. The van der Waals surface area contributed by atoms with E-state index in [9.17, 15) is 4.79 Å². The topological polar surface area (TPSA) is 40.5 Å². The minimum absolute atomic E-state index is 0.325. The maximum Gasteiger partial charge on any atom is 0.411 e. The van der Waals surface area contributed by atoms with Gasteiger partial charge in [-0.3, -0.25) is 4.90 Å². The standard InChI is InChI=1S/C11H14ClNO2/c1-3-13(11(14)15)10-6-4-5-8(2)9(10)7-12/h4-6H,3,7H2,1-2H3,(H,14,15). The summed E-state index contributed by atoms with van der Waals surface area (Å²) >= 11 is 5.82. The summed E-state index contributed by atoms with van der Waals surface area (Å²) in [4.78, 5) is 12.3. The van der Waals surface area contributed by atoms with Gasteiger partial charge in [0, 0.05) is 12.4 Å². The summed E-state index contributed by atoms with van der Waals surface area (Å²) in [6.45, 7) is 4.15. The number of nitrogens with zero attached hydrogens (tertiary/aromatic N) is 1. The molecule has 1 aromatic rings. The highest BCUT2D eigenvalue weighted by molar-refractivity contribution is 6.17. The van der Waals surface area contributed by atoms with Crippen LogP contribution >= 0.6 is 11.6 Å². The van der Waals surface area contributed by atoms with Gasteiger partial charge < -0.3 is 5.11 Å². The van der Waals surface area contributed by atoms with Crippen molar-refractivity contribution < 1.29 is 9.90 Å². The Bertz CT molecular complexity index is 366. The van der Waals surface area contributed by atoms with Gasteiger partial charge in [0.05, 0.1) is 5.69 Å². The molecule has 0 spiro atoms. The number of carboxylic acid groups (broad SMARTS) is 1. The van der Waals surface area contributed by atoms with Gasteiger partial charge in [-0.1, -0.05) is 12.1 Å². The maximum absolute atomic E-state index is 11.0. The second-order valence-electron chi connectivity index (χ2n) is 3.23. The largest absolute Gasteiger partial charge is 0.465 e. The molecule has 82 valence electrons. The number of aryl methyl sites for hydroxylation is 1. The van der Waals surface area contributed by atoms with Crippen molar-refractivity contribution in [1.82, 2.24) is 0 Å². The van der Waals surface area contributed by atoms with Crippen LogP contribution in [0.25, 0.3) is 0 Å². The van der Waals surface area contributed by atoms with E-state index in [1.54, 1.807) is 13.0 Å². The fourth-order valence-corrected chi connectivity index (χ4v) is 1.87. The highest BCUT2D eigenvalue weighted by atomic mass is 35.5. The van der Waals surface area contributed by atoms with Gasteiger partial charge in [0.25, 0.3) is 0 Å². The number of hydrogen-bond donors (Lipinski definition) is 1. The van der Waals surface area contributed by atoms with Crippen LogP contribution in [0.5, 0.6) is 0 Å². The molecule has 0 atom stereocenters. The number of anilines is 1. The van der Waals surface area contributed by atoms with Crippen LogP contribution < -0.4 is 4.90 Å². The first-order valence-electron chi connectivity index (χ1n) is 4.76. The number of rotatable bonds is 3. The predicted molar refractivity (Wildman–Crippen MR) is 61.8 cm³/mol. The van der Waals surface area contributed by atoms with Gasteiger partial charge in [-0.15, -0.1) is 11.6 Å². The van der Waals surface area contributed by atoms with Crippen LogP contribution in [0.3, 0.4) is 0 Å². The van der Waals surface area contributed by atoms with Crippen LogP contribution in [0.4, 0.5) is 10.5 Å². The van der Waals surface area contributed by atoms with Crippen LogP contribution in [0.2, 0.25) is 0 Å². The van der Waals surface area contributed by atoms with Crippen LogP contribution in [0.1, 0.15) is 18.1 Å². The molecule has 0 fully saturated rings. The second-order valence-corrected chi connectivity index (χ2v) is 3.50. The van der Waals surface area contributed by atoms with Gasteiger partial charge in [-0.05, 0) is 31.0 Å². The van der Waals surface area contributed by atoms with Crippen LogP contribution in [-0.4, -0.2) is 17.7 Å². The van der Waals surface area contributed by atoms with Crippen LogP contribution in [-0.2, 0) is 5.88 Å². The molecule has 0 aliphatic rings. The maximum atomic E-state index is 11.0. The fourth-order valence-electron chi connectivity index (χ4n) is 1.52. The lowest BCUT2D eigenvalue weighted by Gasteiger charge is -2.21. The molecule has 0 bridgehead atoms. The molecule has 0 saturated heterocycles. The Hall–Kier alpha value is -1.22. The SMILES string of the molecule is CCN(C(=O)O)c1cccc(C)c1CCl. The van der Waals surface area contributed by atoms with Crippen LogP contribution in [0.15, 0.2) is 18.2 Å². The Balaban J connectivity index is 3.22. The summed E-state index contributed by atoms with van der Waals surface area (Å²) in [5.41, 5.74) is 2.57. The van der Waals surface area contributed by atoms with Gasteiger partial charge >= 0.3 is 6.09 Å². The smallest absolute Gasteiger partial charge is 0.411 e. The van der Waals surface area contributed by atoms with E-state index in [4.69, 9.17) is 16.7 Å². The van der Waals surface area contributed by atoms with Crippen molar-refractivity contribution in [3.05, 3.63) is 29.3 Å². The molecule has 0 radical (unpaired) electrons. The number of carbonyl (C=O) groups is 1. The lowest BCUT2D eigenvalue weighted by atomic mass is 10.1. The van der Waals surface area contributed by atoms with Gasteiger partial charge in [0.2, 0.25) is 0 Å². The van der Waals surface area contributed by atoms with Gasteiger partial charge in [0.15, 0.2) is 0 Å². The Labute approximate surface area is 94.3 Å². The quantitative estimate of drug-likeness (QED) is 0.806. The molecule has 0 aliphatic carbocycles. The average molecular weight is 228 g/mol. The summed E-state index contributed by atoms with van der Waals surface area (Å²) in [7, 11) is 0. The fraction of sp³-hybridized carbons (Fsp3) is 0.364. The lowest BCUT2D eigenvalue weighted by molar-refractivity contribution is 0.202. The number of alkyl halides is 1. The van der Waals surface area contributed by atoms with E-state index in [2.05, 4.69) is 0 Å². The van der Waals surface area contributed by atoms with Crippen LogP contribution in [0, 0.1) is 6.92 Å². The molecule has 1 rings (SSSR count). The molecule has 0 aromatic heterocycles. The zero-order chi connectivity index (χ0) is 11.4. The van der Waals surface area contributed by atoms with E-state index >= 15 is 0 Å². The monoisotopic (exact) mass is 227 g/mol. The zero-order valence-electron chi connectivity index (χ0n) is 8.83. The number of hydrogen-bond acceptors (Lipinski definition) is 1. The van der Waals surface area contributed by atoms with E-state index in [0.717, 1.165) is 11.1 Å². The molecular weight excluding hydrogens is 214 g/mol. The summed E-state index contributed by atoms with van der Waals surface area (Å²) in [5.74, 6) is 0.325. The van der Waals surface area contributed by atoms with Crippen molar-refractivity contribution in [1.29, 1.82) is 0 Å². The lowest BCUT2D eigenvalue weighted by Crippen LogP contribution is -2.29. The van der Waals surface area contributed by atoms with E-state index < -0.39 is 6.09 Å². The Morgan fingerprint density at radius 1 is 1.53 bits per heavy atom. The summed E-state index contributed by atoms with van der Waals surface area (Å²) in [5, 5.41) is 9.02. The van der Waals surface area contributed by atoms with Crippen molar-refractivity contribution >= 4 is 23.4 Å². The first-order valence-corrected chi connectivity index (χ1v) is 5.30. The minimum atomic E-state index is -0.950. The molecule has 1 N–H and O–H groups in total. The summed E-state index contributed by atoms with van der Waals surface area (Å²) < 4.78 is 0. The van der Waals surface area contributed by atoms with Gasteiger partial charge in [-0.2, -0.15) is 0 Å². The Morgan fingerprint density at radius 3 is 2.67 bits per heavy atom. The summed E-state index contributed by atoms with van der Waals surface area (Å²) in [6.07, 6.45) is -0.950. The van der Waals surface area contributed by atoms with Crippen molar-refractivity contribution in [2.45, 2.75) is 19.7 Å². The molecule has 15 heavy (non-hydrogen) atoms. The molecule has 0 heterocycles. The van der Waals surface area contributed by atoms with Crippen molar-refractivity contribution in [2.75, 3.05) is 11.4 Å². The highest BCUT2D eigenvalue weighted by Gasteiger charge is 2.16. The minimum Gasteiger partial charge on any atom is -0.465 e. The molecule has 3 nitrogen and oxygen atoms in total. The molecule has 0 unspecified atom stereocenters. The summed E-state index contributed by atoms with van der Waals surface area (Å²) in [6, 6.07) is 5.55. The predicted octanol–water partition coefficient (Wildman–Crippen LogP) is 3.24. The molecule has 1 amide bonds. The highest BCUT2D eigenvalue weighted by Crippen LogP contribution is 2.25. The first-order chi connectivity index (χ1) is 7.11. The molecule has 0 aliphatic heterocycles. The molecule has 1 aromatic carbocycles. The normalized spacial score (nSPS) is 10.1. The Kier molecular flexibility index (Phi) is 3.97.